The van der Waals surface area contributed by atoms with Gasteiger partial charge >= 0.3 is 18.1 Å². The van der Waals surface area contributed by atoms with Gasteiger partial charge in [0.15, 0.2) is 0 Å². The number of carbonyl (C=O) groups is 2. The first kappa shape index (κ1) is 25.0. The Morgan fingerprint density at radius 2 is 1.56 bits per heavy atom. The summed E-state index contributed by atoms with van der Waals surface area (Å²) in [7, 11) is 0. The number of halogens is 3. The van der Waals surface area contributed by atoms with Crippen LogP contribution in [-0.2, 0) is 9.53 Å². The average Bonchev–Trinajstić information content (AvgIpc) is 2.75. The molecule has 0 fully saturated rings. The van der Waals surface area contributed by atoms with E-state index in [4.69, 9.17) is 14.2 Å². The second kappa shape index (κ2) is 12.5. The fraction of sp³-hybridized carbons (Fsp3) is 0.292. The summed E-state index contributed by atoms with van der Waals surface area (Å²) in [6.45, 7) is 3.77. The molecule has 0 N–H and O–H groups in total. The van der Waals surface area contributed by atoms with E-state index in [-0.39, 0.29) is 13.0 Å². The molecule has 0 saturated carbocycles. The van der Waals surface area contributed by atoms with Crippen LogP contribution in [-0.4, -0.2) is 31.3 Å². The van der Waals surface area contributed by atoms with E-state index in [1.54, 1.807) is 54.6 Å². The summed E-state index contributed by atoms with van der Waals surface area (Å²) in [6, 6.07) is 12.9. The second-order valence-electron chi connectivity index (χ2n) is 6.76. The normalized spacial score (nSPS) is 11.4. The molecule has 0 bridgehead atoms. The third-order valence-corrected chi connectivity index (χ3v) is 4.21. The van der Waals surface area contributed by atoms with E-state index >= 15 is 0 Å². The van der Waals surface area contributed by atoms with Gasteiger partial charge < -0.3 is 14.2 Å². The summed E-state index contributed by atoms with van der Waals surface area (Å²) < 4.78 is 51.7. The van der Waals surface area contributed by atoms with Crippen molar-refractivity contribution >= 4 is 18.0 Å². The van der Waals surface area contributed by atoms with Gasteiger partial charge in [0, 0.05) is 12.5 Å². The van der Waals surface area contributed by atoms with Gasteiger partial charge in [0.2, 0.25) is 0 Å². The first-order valence-corrected chi connectivity index (χ1v) is 10.0. The Morgan fingerprint density at radius 3 is 2.19 bits per heavy atom. The molecule has 0 unspecified atom stereocenters. The quantitative estimate of drug-likeness (QED) is 0.188. The Hall–Kier alpha value is -3.29. The molecule has 0 heterocycles. The molecule has 2 rings (SSSR count). The molecule has 32 heavy (non-hydrogen) atoms. The summed E-state index contributed by atoms with van der Waals surface area (Å²) in [5.41, 5.74) is 1.05. The Balaban J connectivity index is 1.77. The Labute approximate surface area is 184 Å². The minimum Gasteiger partial charge on any atom is -0.494 e. The molecule has 0 aliphatic heterocycles. The van der Waals surface area contributed by atoms with E-state index in [9.17, 15) is 22.8 Å². The van der Waals surface area contributed by atoms with Crippen molar-refractivity contribution in [1.29, 1.82) is 0 Å². The summed E-state index contributed by atoms with van der Waals surface area (Å²) in [6.07, 6.45) is -1.03. The maximum Gasteiger partial charge on any atom is 0.389 e. The molecule has 2 aromatic carbocycles. The maximum absolute atomic E-state index is 12.3. The van der Waals surface area contributed by atoms with Gasteiger partial charge in [-0.3, -0.25) is 0 Å². The molecule has 0 atom stereocenters. The average molecular weight is 449 g/mol. The van der Waals surface area contributed by atoms with Crippen LogP contribution in [0.3, 0.4) is 0 Å². The lowest BCUT2D eigenvalue weighted by atomic mass is 10.2. The highest BCUT2D eigenvalue weighted by atomic mass is 19.4. The van der Waals surface area contributed by atoms with Crippen molar-refractivity contribution in [2.45, 2.75) is 31.9 Å². The van der Waals surface area contributed by atoms with Crippen LogP contribution < -0.4 is 9.47 Å². The zero-order chi connectivity index (χ0) is 23.4. The lowest BCUT2D eigenvalue weighted by Gasteiger charge is -2.08. The predicted octanol–water partition coefficient (Wildman–Crippen LogP) is 5.80. The number of unbranched alkanes of at least 4 members (excludes halogenated alkanes) is 2. The Bertz CT molecular complexity index is 887. The summed E-state index contributed by atoms with van der Waals surface area (Å²) in [4.78, 5) is 23.6. The number of benzene rings is 2. The smallest absolute Gasteiger partial charge is 0.389 e. The van der Waals surface area contributed by atoms with Crippen LogP contribution in [0.2, 0.25) is 0 Å². The molecule has 0 aliphatic rings. The van der Waals surface area contributed by atoms with Crippen LogP contribution in [0.4, 0.5) is 13.2 Å². The van der Waals surface area contributed by atoms with Crippen LogP contribution in [0.5, 0.6) is 11.5 Å². The molecule has 8 heteroatoms. The monoisotopic (exact) mass is 449 g/mol. The second-order valence-corrected chi connectivity index (χ2v) is 6.76. The molecule has 2 aromatic rings. The van der Waals surface area contributed by atoms with Crippen molar-refractivity contribution in [3.8, 4) is 11.5 Å². The van der Waals surface area contributed by atoms with E-state index in [0.717, 1.165) is 5.56 Å². The van der Waals surface area contributed by atoms with Crippen LogP contribution >= 0.6 is 0 Å². The molecular formula is C24H24F3O5. The fourth-order valence-electron chi connectivity index (χ4n) is 2.61. The largest absolute Gasteiger partial charge is 0.494 e. The predicted molar refractivity (Wildman–Crippen MR) is 113 cm³/mol. The van der Waals surface area contributed by atoms with Crippen molar-refractivity contribution in [3.63, 3.8) is 0 Å². The summed E-state index contributed by atoms with van der Waals surface area (Å²) >= 11 is 0. The van der Waals surface area contributed by atoms with E-state index in [1.807, 2.05) is 0 Å². The lowest BCUT2D eigenvalue weighted by Crippen LogP contribution is -2.08. The van der Waals surface area contributed by atoms with Gasteiger partial charge in [-0.05, 0) is 74.2 Å². The van der Waals surface area contributed by atoms with Gasteiger partial charge in [-0.2, -0.15) is 13.2 Å². The third kappa shape index (κ3) is 9.68. The van der Waals surface area contributed by atoms with Crippen LogP contribution in [0.25, 0.3) is 6.08 Å². The first-order valence-electron chi connectivity index (χ1n) is 10.0. The zero-order valence-electron chi connectivity index (χ0n) is 17.4. The highest BCUT2D eigenvalue weighted by Gasteiger charge is 2.25. The molecule has 0 aromatic heterocycles. The molecular weight excluding hydrogens is 425 g/mol. The fourth-order valence-corrected chi connectivity index (χ4v) is 2.61. The van der Waals surface area contributed by atoms with Gasteiger partial charge in [-0.1, -0.05) is 12.1 Å². The van der Waals surface area contributed by atoms with Gasteiger partial charge in [0.05, 0.1) is 18.8 Å². The SMILES string of the molecule is [CH2]COC(=O)/C=C/c1ccc(OC(=O)c2ccc(OCCCCCC(F)(F)F)cc2)cc1. The van der Waals surface area contributed by atoms with Crippen LogP contribution in [0.1, 0.15) is 41.6 Å². The molecule has 0 spiro atoms. The number of esters is 2. The van der Waals surface area contributed by atoms with Crippen molar-refractivity contribution in [2.75, 3.05) is 13.2 Å². The number of hydrogen-bond donors (Lipinski definition) is 0. The maximum atomic E-state index is 12.3. The van der Waals surface area contributed by atoms with E-state index in [0.29, 0.717) is 36.5 Å². The van der Waals surface area contributed by atoms with Crippen molar-refractivity contribution in [3.05, 3.63) is 72.7 Å². The number of carbonyl (C=O) groups excluding carboxylic acids is 2. The van der Waals surface area contributed by atoms with Crippen molar-refractivity contribution in [1.82, 2.24) is 0 Å². The Morgan fingerprint density at radius 1 is 0.906 bits per heavy atom. The van der Waals surface area contributed by atoms with Gasteiger partial charge in [0.25, 0.3) is 0 Å². The highest BCUT2D eigenvalue weighted by molar-refractivity contribution is 5.91. The number of hydrogen-bond acceptors (Lipinski definition) is 5. The molecule has 0 aliphatic carbocycles. The standard InChI is InChI=1S/C24H24F3O5/c1-2-30-22(28)15-8-18-6-11-21(12-7-18)32-23(29)19-9-13-20(14-10-19)31-17-5-3-4-16-24(25,26)27/h6-15H,1-5,16-17H2/b15-8+. The van der Waals surface area contributed by atoms with Gasteiger partial charge in [0.1, 0.15) is 11.5 Å². The zero-order valence-corrected chi connectivity index (χ0v) is 17.4. The van der Waals surface area contributed by atoms with E-state index < -0.39 is 24.5 Å². The van der Waals surface area contributed by atoms with Crippen LogP contribution in [0.15, 0.2) is 54.6 Å². The third-order valence-electron chi connectivity index (χ3n) is 4.21. The highest BCUT2D eigenvalue weighted by Crippen LogP contribution is 2.23. The molecule has 0 saturated heterocycles. The van der Waals surface area contributed by atoms with E-state index in [1.165, 1.54) is 6.08 Å². The molecule has 5 nitrogen and oxygen atoms in total. The lowest BCUT2D eigenvalue weighted by molar-refractivity contribution is -0.137. The van der Waals surface area contributed by atoms with Gasteiger partial charge in [-0.25, -0.2) is 9.59 Å². The topological polar surface area (TPSA) is 61.8 Å². The van der Waals surface area contributed by atoms with E-state index in [2.05, 4.69) is 6.92 Å². The van der Waals surface area contributed by atoms with Crippen molar-refractivity contribution < 1.29 is 37.0 Å². The summed E-state index contributed by atoms with van der Waals surface area (Å²) in [5.74, 6) is -0.187. The number of alkyl halides is 3. The minimum atomic E-state index is -4.12. The summed E-state index contributed by atoms with van der Waals surface area (Å²) in [5, 5.41) is 0. The first-order chi connectivity index (χ1) is 15.3. The minimum absolute atomic E-state index is 0.0521. The molecule has 171 valence electrons. The number of rotatable bonds is 11. The Kier molecular flexibility index (Phi) is 9.78. The van der Waals surface area contributed by atoms with Gasteiger partial charge in [-0.15, -0.1) is 0 Å². The molecule has 1 radical (unpaired) electrons. The number of ether oxygens (including phenoxy) is 3. The molecule has 0 amide bonds. The van der Waals surface area contributed by atoms with Crippen LogP contribution in [0, 0.1) is 6.92 Å². The van der Waals surface area contributed by atoms with Crippen molar-refractivity contribution in [2.24, 2.45) is 0 Å².